The highest BCUT2D eigenvalue weighted by Gasteiger charge is 2.06. The third-order valence-electron chi connectivity index (χ3n) is 2.93. The largest absolute Gasteiger partial charge is 0.491 e. The minimum Gasteiger partial charge on any atom is -0.491 e. The zero-order valence-electron chi connectivity index (χ0n) is 11.7. The Labute approximate surface area is 114 Å². The lowest BCUT2D eigenvalue weighted by Crippen LogP contribution is -2.19. The van der Waals surface area contributed by atoms with Gasteiger partial charge < -0.3 is 20.4 Å². The first kappa shape index (κ1) is 15.3. The van der Waals surface area contributed by atoms with Gasteiger partial charge in [-0.2, -0.15) is 0 Å². The van der Waals surface area contributed by atoms with Gasteiger partial charge in [0.15, 0.2) is 5.84 Å². The number of hydrogen-bond acceptors (Lipinski definition) is 4. The van der Waals surface area contributed by atoms with Gasteiger partial charge >= 0.3 is 0 Å². The van der Waals surface area contributed by atoms with Crippen LogP contribution in [0.2, 0.25) is 0 Å². The SMILES string of the molecule is CC(C)C(C)OCCOc1ccc(C(N)=NO)cc1. The van der Waals surface area contributed by atoms with E-state index in [0.717, 1.165) is 5.75 Å². The molecule has 0 saturated heterocycles. The molecule has 5 nitrogen and oxygen atoms in total. The van der Waals surface area contributed by atoms with Gasteiger partial charge in [-0.3, -0.25) is 0 Å². The molecule has 0 saturated carbocycles. The van der Waals surface area contributed by atoms with Gasteiger partial charge in [0.05, 0.1) is 12.7 Å². The third-order valence-corrected chi connectivity index (χ3v) is 2.93. The van der Waals surface area contributed by atoms with Gasteiger partial charge in [-0.1, -0.05) is 19.0 Å². The highest BCUT2D eigenvalue weighted by Crippen LogP contribution is 2.12. The molecule has 1 rings (SSSR count). The van der Waals surface area contributed by atoms with E-state index in [1.54, 1.807) is 24.3 Å². The van der Waals surface area contributed by atoms with Gasteiger partial charge in [0.2, 0.25) is 0 Å². The number of benzene rings is 1. The lowest BCUT2D eigenvalue weighted by Gasteiger charge is -2.16. The molecule has 1 atom stereocenters. The van der Waals surface area contributed by atoms with Crippen molar-refractivity contribution in [2.75, 3.05) is 13.2 Å². The summed E-state index contributed by atoms with van der Waals surface area (Å²) in [7, 11) is 0. The zero-order chi connectivity index (χ0) is 14.3. The van der Waals surface area contributed by atoms with Gasteiger partial charge in [0.25, 0.3) is 0 Å². The Morgan fingerprint density at radius 3 is 2.37 bits per heavy atom. The second-order valence-electron chi connectivity index (χ2n) is 4.68. The first-order valence-electron chi connectivity index (χ1n) is 6.37. The van der Waals surface area contributed by atoms with Crippen molar-refractivity contribution in [1.29, 1.82) is 0 Å². The van der Waals surface area contributed by atoms with Crippen LogP contribution in [0.1, 0.15) is 26.3 Å². The molecule has 3 N–H and O–H groups in total. The van der Waals surface area contributed by atoms with Gasteiger partial charge in [0.1, 0.15) is 12.4 Å². The first-order chi connectivity index (χ1) is 9.04. The normalized spacial score (nSPS) is 13.6. The summed E-state index contributed by atoms with van der Waals surface area (Å²) in [6.45, 7) is 7.35. The topological polar surface area (TPSA) is 77.1 Å². The van der Waals surface area contributed by atoms with E-state index >= 15 is 0 Å². The minimum absolute atomic E-state index is 0.0839. The third kappa shape index (κ3) is 5.18. The predicted octanol–water partition coefficient (Wildman–Crippen LogP) is 2.22. The Kier molecular flexibility index (Phi) is 6.15. The Hall–Kier alpha value is -1.75. The van der Waals surface area contributed by atoms with Gasteiger partial charge in [-0.15, -0.1) is 0 Å². The van der Waals surface area contributed by atoms with E-state index in [-0.39, 0.29) is 11.9 Å². The van der Waals surface area contributed by atoms with Crippen LogP contribution < -0.4 is 10.5 Å². The molecule has 0 radical (unpaired) electrons. The molecule has 106 valence electrons. The number of hydrogen-bond donors (Lipinski definition) is 2. The number of rotatable bonds is 7. The molecule has 0 heterocycles. The van der Waals surface area contributed by atoms with Crippen LogP contribution in [0, 0.1) is 5.92 Å². The fourth-order valence-corrected chi connectivity index (χ4v) is 1.37. The smallest absolute Gasteiger partial charge is 0.170 e. The van der Waals surface area contributed by atoms with Crippen LogP contribution in [-0.4, -0.2) is 30.4 Å². The van der Waals surface area contributed by atoms with Crippen LogP contribution in [0.5, 0.6) is 5.75 Å². The van der Waals surface area contributed by atoms with Crippen molar-refractivity contribution >= 4 is 5.84 Å². The van der Waals surface area contributed by atoms with Crippen LogP contribution in [0.25, 0.3) is 0 Å². The Bertz CT molecular complexity index is 402. The van der Waals surface area contributed by atoms with Crippen LogP contribution >= 0.6 is 0 Å². The van der Waals surface area contributed by atoms with E-state index < -0.39 is 0 Å². The summed E-state index contributed by atoms with van der Waals surface area (Å²) < 4.78 is 11.1. The average Bonchev–Trinajstić information content (AvgIpc) is 2.43. The summed E-state index contributed by atoms with van der Waals surface area (Å²) in [6.07, 6.45) is 0.228. The number of ether oxygens (including phenoxy) is 2. The van der Waals surface area contributed by atoms with Crippen molar-refractivity contribution in [3.05, 3.63) is 29.8 Å². The maximum Gasteiger partial charge on any atom is 0.170 e. The number of nitrogens with two attached hydrogens (primary N) is 1. The molecule has 1 unspecified atom stereocenters. The van der Waals surface area contributed by atoms with Crippen molar-refractivity contribution < 1.29 is 14.7 Å². The van der Waals surface area contributed by atoms with Gasteiger partial charge in [-0.25, -0.2) is 0 Å². The van der Waals surface area contributed by atoms with Crippen LogP contribution in [0.3, 0.4) is 0 Å². The molecule has 0 spiro atoms. The molecule has 5 heteroatoms. The molecule has 0 amide bonds. The van der Waals surface area contributed by atoms with Gasteiger partial charge in [-0.05, 0) is 37.1 Å². The maximum atomic E-state index is 8.54. The lowest BCUT2D eigenvalue weighted by molar-refractivity contribution is 0.0188. The second-order valence-corrected chi connectivity index (χ2v) is 4.68. The molecule has 0 fully saturated rings. The summed E-state index contributed by atoms with van der Waals surface area (Å²) in [6, 6.07) is 7.03. The summed E-state index contributed by atoms with van der Waals surface area (Å²) in [5.74, 6) is 1.32. The molecule has 0 aliphatic heterocycles. The molecule has 19 heavy (non-hydrogen) atoms. The highest BCUT2D eigenvalue weighted by atomic mass is 16.5. The fraction of sp³-hybridized carbons (Fsp3) is 0.500. The van der Waals surface area contributed by atoms with Crippen LogP contribution in [0.15, 0.2) is 29.4 Å². The van der Waals surface area contributed by atoms with Crippen molar-refractivity contribution in [2.45, 2.75) is 26.9 Å². The van der Waals surface area contributed by atoms with E-state index in [1.807, 2.05) is 0 Å². The molecular weight excluding hydrogens is 244 g/mol. The van der Waals surface area contributed by atoms with Crippen molar-refractivity contribution in [1.82, 2.24) is 0 Å². The zero-order valence-corrected chi connectivity index (χ0v) is 11.7. The molecule has 0 bridgehead atoms. The van der Waals surface area contributed by atoms with E-state index in [2.05, 4.69) is 25.9 Å². The van der Waals surface area contributed by atoms with Crippen molar-refractivity contribution in [3.8, 4) is 5.75 Å². The van der Waals surface area contributed by atoms with E-state index in [0.29, 0.717) is 24.7 Å². The first-order valence-corrected chi connectivity index (χ1v) is 6.37. The molecule has 1 aromatic rings. The van der Waals surface area contributed by atoms with Gasteiger partial charge in [0, 0.05) is 5.56 Å². The fourth-order valence-electron chi connectivity index (χ4n) is 1.37. The predicted molar refractivity (Wildman–Crippen MR) is 74.7 cm³/mol. The molecule has 0 aromatic heterocycles. The minimum atomic E-state index is 0.0839. The molecule has 1 aromatic carbocycles. The van der Waals surface area contributed by atoms with E-state index in [4.69, 9.17) is 20.4 Å². The van der Waals surface area contributed by atoms with Crippen molar-refractivity contribution in [2.24, 2.45) is 16.8 Å². The Morgan fingerprint density at radius 1 is 1.21 bits per heavy atom. The average molecular weight is 266 g/mol. The van der Waals surface area contributed by atoms with Crippen LogP contribution in [-0.2, 0) is 4.74 Å². The highest BCUT2D eigenvalue weighted by molar-refractivity contribution is 5.97. The van der Waals surface area contributed by atoms with Crippen LogP contribution in [0.4, 0.5) is 0 Å². The molecular formula is C14H22N2O3. The number of nitrogens with zero attached hydrogens (tertiary/aromatic N) is 1. The Morgan fingerprint density at radius 2 is 1.84 bits per heavy atom. The Balaban J connectivity index is 2.34. The standard InChI is InChI=1S/C14H22N2O3/c1-10(2)11(3)18-8-9-19-13-6-4-12(5-7-13)14(15)16-17/h4-7,10-11,17H,8-9H2,1-3H3,(H2,15,16). The van der Waals surface area contributed by atoms with Crippen molar-refractivity contribution in [3.63, 3.8) is 0 Å². The van der Waals surface area contributed by atoms with E-state index in [9.17, 15) is 0 Å². The molecule has 0 aliphatic rings. The summed E-state index contributed by atoms with van der Waals surface area (Å²) in [5.41, 5.74) is 6.12. The summed E-state index contributed by atoms with van der Waals surface area (Å²) in [4.78, 5) is 0. The molecule has 0 aliphatic carbocycles. The number of oxime groups is 1. The van der Waals surface area contributed by atoms with E-state index in [1.165, 1.54) is 0 Å². The second kappa shape index (κ2) is 7.63. The summed E-state index contributed by atoms with van der Waals surface area (Å²) in [5, 5.41) is 11.5. The monoisotopic (exact) mass is 266 g/mol. The maximum absolute atomic E-state index is 8.54. The quantitative estimate of drug-likeness (QED) is 0.261. The number of amidine groups is 1. The summed E-state index contributed by atoms with van der Waals surface area (Å²) >= 11 is 0. The lowest BCUT2D eigenvalue weighted by atomic mass is 10.1.